The first kappa shape index (κ1) is 19.7. The molecular formula is C30H26. The van der Waals surface area contributed by atoms with Crippen molar-refractivity contribution in [2.75, 3.05) is 0 Å². The first-order valence-electron chi connectivity index (χ1n) is 10.5. The molecule has 0 aliphatic carbocycles. The van der Waals surface area contributed by atoms with E-state index in [4.69, 9.17) is 0 Å². The van der Waals surface area contributed by atoms with E-state index in [0.29, 0.717) is 0 Å². The van der Waals surface area contributed by atoms with Crippen molar-refractivity contribution in [2.45, 2.75) is 11.8 Å². The molecule has 146 valence electrons. The zero-order valence-corrected chi connectivity index (χ0v) is 17.0. The van der Waals surface area contributed by atoms with Crippen LogP contribution in [0, 0.1) is 0 Å². The molecule has 0 aliphatic heterocycles. The number of allylic oxidation sites excluding steroid dienone is 2. The number of hydrogen-bond acceptors (Lipinski definition) is 0. The van der Waals surface area contributed by atoms with Gasteiger partial charge in [0.2, 0.25) is 0 Å². The fraction of sp³-hybridized carbons (Fsp3) is 0.0667. The molecule has 0 heteroatoms. The highest BCUT2D eigenvalue weighted by Crippen LogP contribution is 2.36. The van der Waals surface area contributed by atoms with Crippen LogP contribution in [0.15, 0.2) is 133 Å². The predicted octanol–water partition coefficient (Wildman–Crippen LogP) is 7.98. The van der Waals surface area contributed by atoms with E-state index >= 15 is 0 Å². The van der Waals surface area contributed by atoms with Gasteiger partial charge < -0.3 is 0 Å². The van der Waals surface area contributed by atoms with Gasteiger partial charge in [0.15, 0.2) is 0 Å². The summed E-state index contributed by atoms with van der Waals surface area (Å²) >= 11 is 0. The number of rotatable bonds is 7. The monoisotopic (exact) mass is 386 g/mol. The largest absolute Gasteiger partial charge is 0.0755 e. The van der Waals surface area contributed by atoms with Crippen molar-refractivity contribution in [3.05, 3.63) is 156 Å². The van der Waals surface area contributed by atoms with Crippen molar-refractivity contribution in [1.29, 1.82) is 0 Å². The maximum Gasteiger partial charge on any atom is 0.0125 e. The maximum atomic E-state index is 2.34. The van der Waals surface area contributed by atoms with Crippen molar-refractivity contribution in [1.82, 2.24) is 0 Å². The minimum Gasteiger partial charge on any atom is -0.0755 e. The van der Waals surface area contributed by atoms with Crippen LogP contribution in [0.1, 0.15) is 34.1 Å². The Labute approximate surface area is 179 Å². The van der Waals surface area contributed by atoms with E-state index in [1.165, 1.54) is 22.3 Å². The van der Waals surface area contributed by atoms with Crippen LogP contribution in [-0.4, -0.2) is 0 Å². The lowest BCUT2D eigenvalue weighted by Gasteiger charge is -2.23. The molecule has 0 bridgehead atoms. The van der Waals surface area contributed by atoms with Gasteiger partial charge in [-0.1, -0.05) is 146 Å². The zero-order chi connectivity index (χ0) is 20.4. The van der Waals surface area contributed by atoms with Crippen molar-refractivity contribution in [3.8, 4) is 0 Å². The molecule has 4 aromatic carbocycles. The minimum atomic E-state index is 0.230. The van der Waals surface area contributed by atoms with E-state index in [1.54, 1.807) is 0 Å². The molecular weight excluding hydrogens is 360 g/mol. The third-order valence-corrected chi connectivity index (χ3v) is 5.35. The topological polar surface area (TPSA) is 0 Å². The van der Waals surface area contributed by atoms with E-state index in [9.17, 15) is 0 Å². The summed E-state index contributed by atoms with van der Waals surface area (Å²) < 4.78 is 0. The molecule has 0 amide bonds. The van der Waals surface area contributed by atoms with E-state index in [2.05, 4.69) is 146 Å². The molecule has 0 aromatic heterocycles. The van der Waals surface area contributed by atoms with Crippen molar-refractivity contribution >= 4 is 12.2 Å². The fourth-order valence-corrected chi connectivity index (χ4v) is 3.78. The fourth-order valence-electron chi connectivity index (χ4n) is 3.78. The highest BCUT2D eigenvalue weighted by atomic mass is 14.2. The molecule has 0 aliphatic rings. The van der Waals surface area contributed by atoms with Gasteiger partial charge in [-0.2, -0.15) is 0 Å². The lowest BCUT2D eigenvalue weighted by atomic mass is 9.80. The van der Waals surface area contributed by atoms with Gasteiger partial charge in [-0.15, -0.1) is 0 Å². The van der Waals surface area contributed by atoms with E-state index < -0.39 is 0 Å². The molecule has 0 spiro atoms. The molecule has 4 rings (SSSR count). The standard InChI is InChI=1S/C30H26/c1-5-13-25(14-6-1)21-23-29(27-17-9-3-10-18-27)30(28-19-11-4-12-20-28)24-22-26-15-7-2-8-16-26/h1-24,29-30H/b23-21+,24-22+/t29-,30+. The molecule has 0 saturated carbocycles. The lowest BCUT2D eigenvalue weighted by molar-refractivity contribution is 0.743. The van der Waals surface area contributed by atoms with Crippen molar-refractivity contribution in [2.24, 2.45) is 0 Å². The van der Waals surface area contributed by atoms with Crippen molar-refractivity contribution in [3.63, 3.8) is 0 Å². The van der Waals surface area contributed by atoms with Crippen LogP contribution in [0.2, 0.25) is 0 Å². The van der Waals surface area contributed by atoms with Gasteiger partial charge in [-0.05, 0) is 22.3 Å². The molecule has 2 atom stereocenters. The Bertz CT molecular complexity index is 971. The van der Waals surface area contributed by atoms with Gasteiger partial charge in [0.05, 0.1) is 0 Å². The Morgan fingerprint density at radius 2 is 0.667 bits per heavy atom. The molecule has 0 saturated heterocycles. The Morgan fingerprint density at radius 1 is 0.367 bits per heavy atom. The summed E-state index contributed by atoms with van der Waals surface area (Å²) in [6.07, 6.45) is 9.17. The first-order chi connectivity index (χ1) is 14.9. The second-order valence-electron chi connectivity index (χ2n) is 7.41. The smallest absolute Gasteiger partial charge is 0.0125 e. The highest BCUT2D eigenvalue weighted by molar-refractivity contribution is 5.55. The summed E-state index contributed by atoms with van der Waals surface area (Å²) in [6.45, 7) is 0. The van der Waals surface area contributed by atoms with E-state index in [1.807, 2.05) is 0 Å². The minimum absolute atomic E-state index is 0.230. The third kappa shape index (κ3) is 5.24. The van der Waals surface area contributed by atoms with Gasteiger partial charge in [-0.3, -0.25) is 0 Å². The Morgan fingerprint density at radius 3 is 1.00 bits per heavy atom. The highest BCUT2D eigenvalue weighted by Gasteiger charge is 2.20. The molecule has 0 heterocycles. The maximum absolute atomic E-state index is 2.34. The van der Waals surface area contributed by atoms with Crippen LogP contribution in [-0.2, 0) is 0 Å². The van der Waals surface area contributed by atoms with Crippen LogP contribution in [0.25, 0.3) is 12.2 Å². The Hall–Kier alpha value is -3.64. The molecule has 0 unspecified atom stereocenters. The molecule has 0 fully saturated rings. The van der Waals surface area contributed by atoms with Crippen LogP contribution in [0.5, 0.6) is 0 Å². The summed E-state index contributed by atoms with van der Waals surface area (Å²) in [4.78, 5) is 0. The average molecular weight is 387 g/mol. The SMILES string of the molecule is C(=C\[C@H](c1ccccc1)[C@@H](/C=C/c1ccccc1)c1ccccc1)/c1ccccc1. The molecule has 0 radical (unpaired) electrons. The van der Waals surface area contributed by atoms with E-state index in [0.717, 1.165) is 0 Å². The van der Waals surface area contributed by atoms with E-state index in [-0.39, 0.29) is 11.8 Å². The molecule has 4 aromatic rings. The van der Waals surface area contributed by atoms with Crippen LogP contribution >= 0.6 is 0 Å². The number of benzene rings is 4. The van der Waals surface area contributed by atoms with Gasteiger partial charge in [0.25, 0.3) is 0 Å². The summed E-state index contributed by atoms with van der Waals surface area (Å²) in [6, 6.07) is 42.6. The van der Waals surface area contributed by atoms with Crippen molar-refractivity contribution < 1.29 is 0 Å². The van der Waals surface area contributed by atoms with Gasteiger partial charge in [0.1, 0.15) is 0 Å². The summed E-state index contributed by atoms with van der Waals surface area (Å²) in [7, 11) is 0. The third-order valence-electron chi connectivity index (χ3n) is 5.35. The van der Waals surface area contributed by atoms with Gasteiger partial charge in [0, 0.05) is 11.8 Å². The van der Waals surface area contributed by atoms with Crippen LogP contribution in [0.3, 0.4) is 0 Å². The van der Waals surface area contributed by atoms with Crippen LogP contribution in [0.4, 0.5) is 0 Å². The predicted molar refractivity (Wildman–Crippen MR) is 129 cm³/mol. The second kappa shape index (κ2) is 10.2. The second-order valence-corrected chi connectivity index (χ2v) is 7.41. The average Bonchev–Trinajstić information content (AvgIpc) is 2.83. The summed E-state index contributed by atoms with van der Waals surface area (Å²) in [5, 5.41) is 0. The molecule has 0 N–H and O–H groups in total. The molecule has 30 heavy (non-hydrogen) atoms. The molecule has 0 nitrogen and oxygen atoms in total. The summed E-state index contributed by atoms with van der Waals surface area (Å²) in [5.74, 6) is 0.461. The lowest BCUT2D eigenvalue weighted by Crippen LogP contribution is -2.07. The van der Waals surface area contributed by atoms with Gasteiger partial charge >= 0.3 is 0 Å². The zero-order valence-electron chi connectivity index (χ0n) is 17.0. The Balaban J connectivity index is 1.76. The van der Waals surface area contributed by atoms with Gasteiger partial charge in [-0.25, -0.2) is 0 Å². The quantitative estimate of drug-likeness (QED) is 0.302. The number of hydrogen-bond donors (Lipinski definition) is 0. The normalized spacial score (nSPS) is 13.5. The first-order valence-corrected chi connectivity index (χ1v) is 10.5. The van der Waals surface area contributed by atoms with Crippen LogP contribution < -0.4 is 0 Å². The Kier molecular flexibility index (Phi) is 6.70. The summed E-state index contributed by atoms with van der Waals surface area (Å²) in [5.41, 5.74) is 5.07.